The third kappa shape index (κ3) is 4.96. The second kappa shape index (κ2) is 10.1. The highest BCUT2D eigenvalue weighted by Gasteiger charge is 2.33. The van der Waals surface area contributed by atoms with Crippen LogP contribution in [0.2, 0.25) is 0 Å². The predicted octanol–water partition coefficient (Wildman–Crippen LogP) is 1.75. The minimum Gasteiger partial charge on any atom is -1.00 e. The van der Waals surface area contributed by atoms with Crippen molar-refractivity contribution >= 4 is 39.0 Å². The maximum Gasteiger partial charge on any atom is 0.186 e. The van der Waals surface area contributed by atoms with Crippen LogP contribution in [0.3, 0.4) is 0 Å². The lowest BCUT2D eigenvalue weighted by molar-refractivity contribution is -0.950. The Morgan fingerprint density at radius 2 is 1.16 bits per heavy atom. The van der Waals surface area contributed by atoms with Gasteiger partial charge in [0.15, 0.2) is 11.6 Å². The van der Waals surface area contributed by atoms with Gasteiger partial charge >= 0.3 is 0 Å². The van der Waals surface area contributed by atoms with Gasteiger partial charge in [0.25, 0.3) is 0 Å². The number of hydrogen-bond donors (Lipinski definition) is 2. The molecule has 0 spiro atoms. The molecule has 0 amide bonds. The van der Waals surface area contributed by atoms with Crippen molar-refractivity contribution in [3.05, 3.63) is 102 Å². The monoisotopic (exact) mass is 509 g/mol. The summed E-state index contributed by atoms with van der Waals surface area (Å²) in [6.45, 7) is 2.98. The first-order chi connectivity index (χ1) is 17.6. The minimum atomic E-state index is 0. The molecule has 6 rings (SSSR count). The van der Waals surface area contributed by atoms with Crippen LogP contribution >= 0.6 is 0 Å². The molecule has 0 aliphatic carbocycles. The average Bonchev–Trinajstić information content (AvgIpc) is 2.90. The highest BCUT2D eigenvalue weighted by atomic mass is 35.5. The van der Waals surface area contributed by atoms with Crippen LogP contribution in [-0.4, -0.2) is 37.5 Å². The SMILES string of the molecule is Nc1nc(C[N+]2(Cc3nc(N)c4ccccc4n3)CC=C(c3ccccc3)CC2)nc2ccccc12.[Cl-]. The zero-order chi connectivity index (χ0) is 24.5. The molecule has 3 heterocycles. The summed E-state index contributed by atoms with van der Waals surface area (Å²) in [7, 11) is 0. The van der Waals surface area contributed by atoms with Crippen molar-refractivity contribution < 1.29 is 16.9 Å². The molecule has 186 valence electrons. The van der Waals surface area contributed by atoms with Crippen molar-refractivity contribution in [3.8, 4) is 0 Å². The molecule has 37 heavy (non-hydrogen) atoms. The molecule has 1 aliphatic heterocycles. The fourth-order valence-corrected chi connectivity index (χ4v) is 5.16. The topological polar surface area (TPSA) is 104 Å². The molecule has 0 saturated heterocycles. The first kappa shape index (κ1) is 24.6. The van der Waals surface area contributed by atoms with Crippen LogP contribution in [0.1, 0.15) is 23.6 Å². The van der Waals surface area contributed by atoms with E-state index in [2.05, 4.69) is 36.4 Å². The second-order valence-electron chi connectivity index (χ2n) is 9.49. The maximum absolute atomic E-state index is 6.33. The number of aromatic nitrogens is 4. The van der Waals surface area contributed by atoms with Crippen LogP contribution in [0.4, 0.5) is 11.6 Å². The van der Waals surface area contributed by atoms with Crippen LogP contribution in [0.15, 0.2) is 84.9 Å². The van der Waals surface area contributed by atoms with E-state index in [9.17, 15) is 0 Å². The molecule has 0 atom stereocenters. The number of nitrogens with two attached hydrogens (primary N) is 2. The zero-order valence-electron chi connectivity index (χ0n) is 20.4. The van der Waals surface area contributed by atoms with Gasteiger partial charge in [0.1, 0.15) is 24.7 Å². The number of hydrogen-bond acceptors (Lipinski definition) is 6. The van der Waals surface area contributed by atoms with Crippen LogP contribution in [0, 0.1) is 0 Å². The molecule has 0 radical (unpaired) electrons. The van der Waals surface area contributed by atoms with Gasteiger partial charge in [0, 0.05) is 17.2 Å². The number of benzene rings is 3. The first-order valence-electron chi connectivity index (χ1n) is 12.2. The summed E-state index contributed by atoms with van der Waals surface area (Å²) in [5.41, 5.74) is 17.0. The van der Waals surface area contributed by atoms with E-state index in [0.717, 1.165) is 53.0 Å². The molecular formula is C29H28ClN7. The van der Waals surface area contributed by atoms with Crippen molar-refractivity contribution in [2.75, 3.05) is 24.6 Å². The standard InChI is InChI=1S/C29H28N7.ClH/c30-28-22-10-4-6-12-24(22)32-26(34-28)18-36(16-14-21(15-17-36)20-8-2-1-3-9-20)19-27-33-25-13-7-5-11-23(25)29(31)35-27;/h1-14H,15-19H2,(H2,30,32,34)(H2,31,33,35);1H/q+1;/p-1. The summed E-state index contributed by atoms with van der Waals surface area (Å²) in [6, 6.07) is 26.3. The summed E-state index contributed by atoms with van der Waals surface area (Å²) < 4.78 is 0.700. The Bertz CT molecular complexity index is 1510. The lowest BCUT2D eigenvalue weighted by atomic mass is 9.97. The Kier molecular flexibility index (Phi) is 6.74. The van der Waals surface area contributed by atoms with Gasteiger partial charge in [-0.15, -0.1) is 0 Å². The molecule has 0 fully saturated rings. The van der Waals surface area contributed by atoms with Crippen molar-refractivity contribution in [3.63, 3.8) is 0 Å². The highest BCUT2D eigenvalue weighted by Crippen LogP contribution is 2.30. The van der Waals surface area contributed by atoms with Crippen LogP contribution in [-0.2, 0) is 13.1 Å². The number of nitrogen functional groups attached to an aromatic ring is 2. The number of rotatable bonds is 5. The van der Waals surface area contributed by atoms with Crippen molar-refractivity contribution in [1.29, 1.82) is 0 Å². The van der Waals surface area contributed by atoms with Crippen LogP contribution in [0.5, 0.6) is 0 Å². The van der Waals surface area contributed by atoms with E-state index in [-0.39, 0.29) is 12.4 Å². The molecule has 7 nitrogen and oxygen atoms in total. The molecule has 8 heteroatoms. The molecule has 4 N–H and O–H groups in total. The Hall–Kier alpha value is -4.07. The van der Waals surface area contributed by atoms with Gasteiger partial charge in [0.2, 0.25) is 0 Å². The molecule has 0 saturated carbocycles. The van der Waals surface area contributed by atoms with E-state index in [0.29, 0.717) is 29.2 Å². The van der Waals surface area contributed by atoms with E-state index >= 15 is 0 Å². The summed E-state index contributed by atoms with van der Waals surface area (Å²) in [5, 5.41) is 1.76. The van der Waals surface area contributed by atoms with Gasteiger partial charge in [-0.05, 0) is 41.5 Å². The largest absolute Gasteiger partial charge is 1.00 e. The van der Waals surface area contributed by atoms with Crippen molar-refractivity contribution in [2.45, 2.75) is 19.5 Å². The smallest absolute Gasteiger partial charge is 0.186 e. The van der Waals surface area contributed by atoms with Crippen molar-refractivity contribution in [2.24, 2.45) is 0 Å². The second-order valence-corrected chi connectivity index (χ2v) is 9.49. The summed E-state index contributed by atoms with van der Waals surface area (Å²) in [4.78, 5) is 19.1. The number of anilines is 2. The average molecular weight is 510 g/mol. The van der Waals surface area contributed by atoms with E-state index in [4.69, 9.17) is 31.4 Å². The van der Waals surface area contributed by atoms with Gasteiger partial charge < -0.3 is 28.4 Å². The molecule has 5 aromatic rings. The van der Waals surface area contributed by atoms with Crippen LogP contribution < -0.4 is 23.9 Å². The van der Waals surface area contributed by atoms with Crippen LogP contribution in [0.25, 0.3) is 27.4 Å². The highest BCUT2D eigenvalue weighted by molar-refractivity contribution is 5.88. The van der Waals surface area contributed by atoms with Gasteiger partial charge in [-0.2, -0.15) is 0 Å². The zero-order valence-corrected chi connectivity index (χ0v) is 21.1. The third-order valence-corrected chi connectivity index (χ3v) is 7.04. The van der Waals surface area contributed by atoms with E-state index in [1.807, 2.05) is 48.5 Å². The number of nitrogens with zero attached hydrogens (tertiary/aromatic N) is 5. The number of quaternary nitrogens is 1. The lowest BCUT2D eigenvalue weighted by Gasteiger charge is -2.40. The van der Waals surface area contributed by atoms with E-state index < -0.39 is 0 Å². The molecule has 0 bridgehead atoms. The molecule has 3 aromatic carbocycles. The summed E-state index contributed by atoms with van der Waals surface area (Å²) in [6.07, 6.45) is 3.28. The Balaban J connectivity index is 0.00000280. The normalized spacial score (nSPS) is 14.8. The molecule has 1 aliphatic rings. The lowest BCUT2D eigenvalue weighted by Crippen LogP contribution is -3.00. The van der Waals surface area contributed by atoms with Gasteiger partial charge in [-0.25, -0.2) is 19.9 Å². The predicted molar refractivity (Wildman–Crippen MR) is 144 cm³/mol. The quantitative estimate of drug-likeness (QED) is 0.350. The molecule has 2 aromatic heterocycles. The van der Waals surface area contributed by atoms with Gasteiger partial charge in [0.05, 0.1) is 24.1 Å². The Morgan fingerprint density at radius 1 is 0.649 bits per heavy atom. The van der Waals surface area contributed by atoms with Gasteiger partial charge in [-0.1, -0.05) is 54.6 Å². The fourth-order valence-electron chi connectivity index (χ4n) is 5.16. The molecule has 0 unspecified atom stereocenters. The summed E-state index contributed by atoms with van der Waals surface area (Å²) in [5.74, 6) is 2.49. The van der Waals surface area contributed by atoms with E-state index in [1.54, 1.807) is 0 Å². The minimum absolute atomic E-state index is 0. The van der Waals surface area contributed by atoms with Gasteiger partial charge in [-0.3, -0.25) is 0 Å². The van der Waals surface area contributed by atoms with E-state index in [1.165, 1.54) is 11.1 Å². The Labute approximate surface area is 221 Å². The number of fused-ring (bicyclic) bond motifs is 2. The maximum atomic E-state index is 6.33. The third-order valence-electron chi connectivity index (χ3n) is 7.04. The number of halogens is 1. The first-order valence-corrected chi connectivity index (χ1v) is 12.2. The fraction of sp³-hybridized carbons (Fsp3) is 0.172. The number of para-hydroxylation sites is 2. The van der Waals surface area contributed by atoms with Crippen molar-refractivity contribution in [1.82, 2.24) is 19.9 Å². The summed E-state index contributed by atoms with van der Waals surface area (Å²) >= 11 is 0. The Morgan fingerprint density at radius 3 is 1.68 bits per heavy atom. The molecular weight excluding hydrogens is 482 g/mol.